The predicted octanol–water partition coefficient (Wildman–Crippen LogP) is -0.0254. The molecule has 2 aromatic heterocycles. The second-order valence-corrected chi connectivity index (χ2v) is 2.94. The van der Waals surface area contributed by atoms with E-state index in [0.717, 1.165) is 0 Å². The van der Waals surface area contributed by atoms with Gasteiger partial charge in [-0.1, -0.05) is 0 Å². The van der Waals surface area contributed by atoms with Crippen LogP contribution in [0.4, 0.5) is 0 Å². The van der Waals surface area contributed by atoms with Crippen LogP contribution in [0.3, 0.4) is 0 Å². The molecule has 0 unspecified atom stereocenters. The summed E-state index contributed by atoms with van der Waals surface area (Å²) in [5.41, 5.74) is 6.43. The molecule has 0 aliphatic rings. The van der Waals surface area contributed by atoms with Crippen molar-refractivity contribution in [2.75, 3.05) is 7.11 Å². The number of ether oxygens (including phenoxy) is 1. The van der Waals surface area contributed by atoms with Crippen molar-refractivity contribution in [3.63, 3.8) is 0 Å². The Bertz CT molecular complexity index is 506. The summed E-state index contributed by atoms with van der Waals surface area (Å²) in [5.74, 6) is 0.145. The first-order valence-electron chi connectivity index (χ1n) is 4.38. The molecule has 2 N–H and O–H groups in total. The average Bonchev–Trinajstić information content (AvgIpc) is 2.69. The van der Waals surface area contributed by atoms with Gasteiger partial charge in [-0.15, -0.1) is 5.10 Å². The summed E-state index contributed by atoms with van der Waals surface area (Å²) in [5, 5.41) is 4.09. The second-order valence-electron chi connectivity index (χ2n) is 2.94. The quantitative estimate of drug-likeness (QED) is 0.698. The summed E-state index contributed by atoms with van der Waals surface area (Å²) >= 11 is 0. The second kappa shape index (κ2) is 3.66. The Hall–Kier alpha value is -1.95. The maximum absolute atomic E-state index is 11.2. The first-order valence-corrected chi connectivity index (χ1v) is 4.38. The number of hydrogen-bond acceptors (Lipinski definition) is 5. The van der Waals surface area contributed by atoms with Crippen LogP contribution >= 0.6 is 0 Å². The summed E-state index contributed by atoms with van der Waals surface area (Å²) in [4.78, 5) is 15.4. The Kier molecular flexibility index (Phi) is 2.34. The fourth-order valence-electron chi connectivity index (χ4n) is 1.26. The number of pyridine rings is 1. The van der Waals surface area contributed by atoms with E-state index in [1.54, 1.807) is 22.8 Å². The molecule has 0 fully saturated rings. The minimum absolute atomic E-state index is 0.273. The number of fused-ring (bicyclic) bond motifs is 1. The number of nitrogens with two attached hydrogens (primary N) is 1. The standard InChI is InChI=1S/C9H10N4O2/c1-15-9(14)6-2-3-13-8(4-6)11-7(5-10)12-13/h2-4H,5,10H2,1H3. The van der Waals surface area contributed by atoms with Gasteiger partial charge in [-0.05, 0) is 12.1 Å². The molecular weight excluding hydrogens is 196 g/mol. The largest absolute Gasteiger partial charge is 0.465 e. The molecule has 6 heteroatoms. The highest BCUT2D eigenvalue weighted by molar-refractivity contribution is 5.90. The normalized spacial score (nSPS) is 10.5. The Morgan fingerprint density at radius 3 is 3.13 bits per heavy atom. The molecule has 0 radical (unpaired) electrons. The van der Waals surface area contributed by atoms with Gasteiger partial charge in [0.25, 0.3) is 0 Å². The van der Waals surface area contributed by atoms with Crippen LogP contribution in [-0.2, 0) is 11.3 Å². The van der Waals surface area contributed by atoms with Crippen LogP contribution in [-0.4, -0.2) is 27.7 Å². The van der Waals surface area contributed by atoms with Gasteiger partial charge >= 0.3 is 5.97 Å². The van der Waals surface area contributed by atoms with E-state index in [1.807, 2.05) is 0 Å². The van der Waals surface area contributed by atoms with Gasteiger partial charge in [0.15, 0.2) is 11.5 Å². The molecule has 2 aromatic rings. The molecule has 0 amide bonds. The lowest BCUT2D eigenvalue weighted by atomic mass is 10.3. The highest BCUT2D eigenvalue weighted by Crippen LogP contribution is 2.06. The van der Waals surface area contributed by atoms with Crippen LogP contribution < -0.4 is 5.73 Å². The van der Waals surface area contributed by atoms with Crippen molar-refractivity contribution in [3.05, 3.63) is 29.7 Å². The molecule has 15 heavy (non-hydrogen) atoms. The molecule has 0 atom stereocenters. The molecule has 2 heterocycles. The number of carbonyl (C=O) groups is 1. The van der Waals surface area contributed by atoms with Crippen LogP contribution in [0.1, 0.15) is 16.2 Å². The van der Waals surface area contributed by atoms with Gasteiger partial charge in [-0.2, -0.15) is 0 Å². The van der Waals surface area contributed by atoms with Gasteiger partial charge in [0.2, 0.25) is 0 Å². The number of aromatic nitrogens is 3. The zero-order valence-electron chi connectivity index (χ0n) is 8.17. The van der Waals surface area contributed by atoms with Crippen molar-refractivity contribution in [2.45, 2.75) is 6.54 Å². The molecule has 0 saturated heterocycles. The average molecular weight is 206 g/mol. The summed E-state index contributed by atoms with van der Waals surface area (Å²) in [6.07, 6.45) is 1.65. The van der Waals surface area contributed by atoms with Gasteiger partial charge in [0.05, 0.1) is 19.2 Å². The van der Waals surface area contributed by atoms with E-state index in [2.05, 4.69) is 14.8 Å². The van der Waals surface area contributed by atoms with E-state index in [4.69, 9.17) is 5.73 Å². The van der Waals surface area contributed by atoms with E-state index in [1.165, 1.54) is 7.11 Å². The van der Waals surface area contributed by atoms with Crippen molar-refractivity contribution in [1.29, 1.82) is 0 Å². The van der Waals surface area contributed by atoms with Crippen molar-refractivity contribution in [1.82, 2.24) is 14.6 Å². The van der Waals surface area contributed by atoms with Gasteiger partial charge in [-0.3, -0.25) is 0 Å². The monoisotopic (exact) mass is 206 g/mol. The van der Waals surface area contributed by atoms with E-state index >= 15 is 0 Å². The topological polar surface area (TPSA) is 82.5 Å². The Balaban J connectivity index is 2.50. The predicted molar refractivity (Wildman–Crippen MR) is 52.2 cm³/mol. The van der Waals surface area contributed by atoms with E-state index in [0.29, 0.717) is 17.0 Å². The maximum Gasteiger partial charge on any atom is 0.338 e. The molecule has 0 spiro atoms. The molecule has 0 aliphatic heterocycles. The lowest BCUT2D eigenvalue weighted by molar-refractivity contribution is 0.0600. The van der Waals surface area contributed by atoms with Gasteiger partial charge in [0.1, 0.15) is 0 Å². The van der Waals surface area contributed by atoms with Gasteiger partial charge < -0.3 is 10.5 Å². The highest BCUT2D eigenvalue weighted by Gasteiger charge is 2.08. The van der Waals surface area contributed by atoms with Crippen LogP contribution in [0.15, 0.2) is 18.3 Å². The minimum atomic E-state index is -0.394. The Morgan fingerprint density at radius 1 is 1.67 bits per heavy atom. The molecule has 0 aliphatic carbocycles. The van der Waals surface area contributed by atoms with E-state index in [9.17, 15) is 4.79 Å². The first-order chi connectivity index (χ1) is 7.24. The third kappa shape index (κ3) is 1.66. The molecule has 78 valence electrons. The number of methoxy groups -OCH3 is 1. The van der Waals surface area contributed by atoms with Gasteiger partial charge in [0, 0.05) is 6.20 Å². The third-order valence-electron chi connectivity index (χ3n) is 1.99. The highest BCUT2D eigenvalue weighted by atomic mass is 16.5. The van der Waals surface area contributed by atoms with Crippen molar-refractivity contribution in [3.8, 4) is 0 Å². The zero-order valence-corrected chi connectivity index (χ0v) is 8.17. The number of carbonyl (C=O) groups excluding carboxylic acids is 1. The fourth-order valence-corrected chi connectivity index (χ4v) is 1.26. The smallest absolute Gasteiger partial charge is 0.338 e. The first kappa shape index (κ1) is 9.60. The van der Waals surface area contributed by atoms with Crippen LogP contribution in [0, 0.1) is 0 Å². The van der Waals surface area contributed by atoms with Crippen LogP contribution in [0.2, 0.25) is 0 Å². The summed E-state index contributed by atoms with van der Waals surface area (Å²) in [7, 11) is 1.33. The Morgan fingerprint density at radius 2 is 2.47 bits per heavy atom. The summed E-state index contributed by atoms with van der Waals surface area (Å²) < 4.78 is 6.16. The maximum atomic E-state index is 11.2. The molecule has 6 nitrogen and oxygen atoms in total. The van der Waals surface area contributed by atoms with E-state index in [-0.39, 0.29) is 6.54 Å². The summed E-state index contributed by atoms with van der Waals surface area (Å²) in [6.45, 7) is 0.273. The lowest BCUT2D eigenvalue weighted by Crippen LogP contribution is -2.02. The SMILES string of the molecule is COC(=O)c1ccn2nc(CN)nc2c1. The number of esters is 1. The summed E-state index contributed by atoms with van der Waals surface area (Å²) in [6, 6.07) is 3.23. The van der Waals surface area contributed by atoms with Crippen LogP contribution in [0.25, 0.3) is 5.65 Å². The van der Waals surface area contributed by atoms with E-state index < -0.39 is 5.97 Å². The van der Waals surface area contributed by atoms with Crippen molar-refractivity contribution < 1.29 is 9.53 Å². The number of rotatable bonds is 2. The Labute approximate surface area is 85.7 Å². The van der Waals surface area contributed by atoms with Gasteiger partial charge in [-0.25, -0.2) is 14.3 Å². The minimum Gasteiger partial charge on any atom is -0.465 e. The molecule has 0 aromatic carbocycles. The van der Waals surface area contributed by atoms with Crippen molar-refractivity contribution in [2.24, 2.45) is 5.73 Å². The molecule has 0 saturated carbocycles. The lowest BCUT2D eigenvalue weighted by Gasteiger charge is -1.97. The zero-order chi connectivity index (χ0) is 10.8. The number of nitrogens with zero attached hydrogens (tertiary/aromatic N) is 3. The number of hydrogen-bond donors (Lipinski definition) is 1. The molecule has 2 rings (SSSR count). The van der Waals surface area contributed by atoms with Crippen LogP contribution in [0.5, 0.6) is 0 Å². The molecular formula is C9H10N4O2. The third-order valence-corrected chi connectivity index (χ3v) is 1.99. The van der Waals surface area contributed by atoms with Crippen molar-refractivity contribution >= 4 is 11.6 Å². The fraction of sp³-hybridized carbons (Fsp3) is 0.222. The molecule has 0 bridgehead atoms.